The lowest BCUT2D eigenvalue weighted by atomic mass is 10.0. The van der Waals surface area contributed by atoms with E-state index in [9.17, 15) is 4.79 Å². The summed E-state index contributed by atoms with van der Waals surface area (Å²) in [7, 11) is 0. The summed E-state index contributed by atoms with van der Waals surface area (Å²) < 4.78 is 0. The van der Waals surface area contributed by atoms with Crippen LogP contribution in [-0.4, -0.2) is 18.7 Å². The molecule has 3 aromatic carbocycles. The predicted molar refractivity (Wildman–Crippen MR) is 105 cm³/mol. The van der Waals surface area contributed by atoms with Crippen LogP contribution in [0.25, 0.3) is 11.1 Å². The number of carbonyl (C=O) groups is 1. The van der Waals surface area contributed by atoms with Crippen LogP contribution < -0.4 is 5.32 Å². The van der Waals surface area contributed by atoms with E-state index in [1.807, 2.05) is 85.8 Å². The molecule has 1 N–H and O–H groups in total. The van der Waals surface area contributed by atoms with E-state index < -0.39 is 0 Å². The Morgan fingerprint density at radius 3 is 2.42 bits per heavy atom. The highest BCUT2D eigenvalue weighted by Gasteiger charge is 2.08. The number of oxime groups is 1. The zero-order valence-corrected chi connectivity index (χ0v) is 14.6. The molecule has 4 heteroatoms. The van der Waals surface area contributed by atoms with E-state index in [0.717, 1.165) is 22.4 Å². The van der Waals surface area contributed by atoms with E-state index in [4.69, 9.17) is 4.84 Å². The Balaban J connectivity index is 1.58. The number of nitrogens with zero attached hydrogens (tertiary/aromatic N) is 1. The van der Waals surface area contributed by atoms with Gasteiger partial charge in [-0.3, -0.25) is 4.79 Å². The molecule has 0 bridgehead atoms. The third-order valence-electron chi connectivity index (χ3n) is 3.84. The van der Waals surface area contributed by atoms with Crippen molar-refractivity contribution in [2.45, 2.75) is 6.92 Å². The number of carbonyl (C=O) groups excluding carboxylic acids is 1. The molecule has 3 rings (SSSR count). The predicted octanol–water partition coefficient (Wildman–Crippen LogP) is 4.65. The summed E-state index contributed by atoms with van der Waals surface area (Å²) in [6.45, 7) is 1.88. The van der Waals surface area contributed by atoms with Crippen LogP contribution >= 0.6 is 0 Å². The van der Waals surface area contributed by atoms with E-state index in [0.29, 0.717) is 0 Å². The standard InChI is InChI=1S/C22H20N2O2/c1-17-11-13-18(14-12-17)15-23-26-16-22(25)24-21-10-6-5-9-20(21)19-7-3-2-4-8-19/h2-15H,16H2,1H3,(H,24,25)/b23-15-. The van der Waals surface area contributed by atoms with E-state index in [2.05, 4.69) is 10.5 Å². The molecule has 4 nitrogen and oxygen atoms in total. The first-order valence-corrected chi connectivity index (χ1v) is 8.39. The maximum absolute atomic E-state index is 12.1. The first kappa shape index (κ1) is 17.4. The molecule has 0 saturated heterocycles. The van der Waals surface area contributed by atoms with Crippen molar-refractivity contribution in [1.82, 2.24) is 0 Å². The molecule has 26 heavy (non-hydrogen) atoms. The molecule has 0 atom stereocenters. The van der Waals surface area contributed by atoms with Gasteiger partial charge in [-0.1, -0.05) is 83.5 Å². The minimum Gasteiger partial charge on any atom is -0.386 e. The van der Waals surface area contributed by atoms with Gasteiger partial charge in [-0.15, -0.1) is 0 Å². The molecule has 0 aliphatic carbocycles. The second-order valence-corrected chi connectivity index (χ2v) is 5.88. The van der Waals surface area contributed by atoms with Gasteiger partial charge in [0.25, 0.3) is 5.91 Å². The highest BCUT2D eigenvalue weighted by Crippen LogP contribution is 2.27. The summed E-state index contributed by atoms with van der Waals surface area (Å²) in [6, 6.07) is 25.5. The SMILES string of the molecule is Cc1ccc(/C=N\OCC(=O)Nc2ccccc2-c2ccccc2)cc1. The second-order valence-electron chi connectivity index (χ2n) is 5.88. The number of hydrogen-bond donors (Lipinski definition) is 1. The number of rotatable bonds is 6. The van der Waals surface area contributed by atoms with Gasteiger partial charge in [-0.05, 0) is 24.1 Å². The Morgan fingerprint density at radius 1 is 0.962 bits per heavy atom. The van der Waals surface area contributed by atoms with Crippen molar-refractivity contribution < 1.29 is 9.63 Å². The van der Waals surface area contributed by atoms with Gasteiger partial charge in [0.1, 0.15) is 0 Å². The number of benzene rings is 3. The second kappa shape index (κ2) is 8.62. The van der Waals surface area contributed by atoms with E-state index in [-0.39, 0.29) is 12.5 Å². The number of amides is 1. The number of anilines is 1. The van der Waals surface area contributed by atoms with Gasteiger partial charge in [-0.25, -0.2) is 0 Å². The van der Waals surface area contributed by atoms with Crippen LogP contribution in [0.15, 0.2) is 84.0 Å². The van der Waals surface area contributed by atoms with Crippen molar-refractivity contribution in [1.29, 1.82) is 0 Å². The van der Waals surface area contributed by atoms with Gasteiger partial charge in [-0.2, -0.15) is 0 Å². The molecule has 0 aromatic heterocycles. The van der Waals surface area contributed by atoms with Crippen LogP contribution in [0.5, 0.6) is 0 Å². The molecule has 0 unspecified atom stereocenters. The highest BCUT2D eigenvalue weighted by atomic mass is 16.6. The van der Waals surface area contributed by atoms with Gasteiger partial charge in [0, 0.05) is 11.3 Å². The van der Waals surface area contributed by atoms with Gasteiger partial charge in [0.2, 0.25) is 0 Å². The molecule has 0 radical (unpaired) electrons. The fraction of sp³-hybridized carbons (Fsp3) is 0.0909. The first-order chi connectivity index (χ1) is 12.7. The zero-order chi connectivity index (χ0) is 18.2. The van der Waals surface area contributed by atoms with E-state index >= 15 is 0 Å². The fourth-order valence-electron chi connectivity index (χ4n) is 2.49. The molecule has 0 fully saturated rings. The minimum atomic E-state index is -0.255. The highest BCUT2D eigenvalue weighted by molar-refractivity contribution is 5.96. The maximum Gasteiger partial charge on any atom is 0.265 e. The lowest BCUT2D eigenvalue weighted by Gasteiger charge is -2.10. The summed E-state index contributed by atoms with van der Waals surface area (Å²) in [5.41, 5.74) is 4.85. The maximum atomic E-state index is 12.1. The summed E-state index contributed by atoms with van der Waals surface area (Å²) in [6.07, 6.45) is 1.59. The molecule has 0 aliphatic heterocycles. The Bertz CT molecular complexity index is 888. The third kappa shape index (κ3) is 4.80. The van der Waals surface area contributed by atoms with Crippen LogP contribution in [0.1, 0.15) is 11.1 Å². The minimum absolute atomic E-state index is 0.147. The van der Waals surface area contributed by atoms with E-state index in [1.165, 1.54) is 5.56 Å². The van der Waals surface area contributed by atoms with Gasteiger partial charge in [0.05, 0.1) is 6.21 Å². The van der Waals surface area contributed by atoms with Crippen molar-refractivity contribution in [3.05, 3.63) is 90.0 Å². The zero-order valence-electron chi connectivity index (χ0n) is 14.6. The number of hydrogen-bond acceptors (Lipinski definition) is 3. The quantitative estimate of drug-likeness (QED) is 0.523. The summed E-state index contributed by atoms with van der Waals surface area (Å²) in [4.78, 5) is 17.2. The van der Waals surface area contributed by atoms with Crippen molar-refractivity contribution in [3.8, 4) is 11.1 Å². The Hall–Kier alpha value is -3.40. The largest absolute Gasteiger partial charge is 0.386 e. The molecule has 0 heterocycles. The van der Waals surface area contributed by atoms with Gasteiger partial charge >= 0.3 is 0 Å². The molecule has 1 amide bonds. The molecular formula is C22H20N2O2. The molecule has 130 valence electrons. The van der Waals surface area contributed by atoms with Crippen molar-refractivity contribution >= 4 is 17.8 Å². The fourth-order valence-corrected chi connectivity index (χ4v) is 2.49. The summed E-state index contributed by atoms with van der Waals surface area (Å²) in [5, 5.41) is 6.72. The topological polar surface area (TPSA) is 50.7 Å². The molecular weight excluding hydrogens is 324 g/mol. The molecule has 0 spiro atoms. The smallest absolute Gasteiger partial charge is 0.265 e. The van der Waals surface area contributed by atoms with E-state index in [1.54, 1.807) is 6.21 Å². The van der Waals surface area contributed by atoms with Gasteiger partial charge < -0.3 is 10.2 Å². The number of aryl methyl sites for hydroxylation is 1. The monoisotopic (exact) mass is 344 g/mol. The Kier molecular flexibility index (Phi) is 5.78. The summed E-state index contributed by atoms with van der Waals surface area (Å²) >= 11 is 0. The number of para-hydroxylation sites is 1. The average molecular weight is 344 g/mol. The molecule has 0 saturated carbocycles. The van der Waals surface area contributed by atoms with Crippen LogP contribution in [0, 0.1) is 6.92 Å². The van der Waals surface area contributed by atoms with Gasteiger partial charge in [0.15, 0.2) is 6.61 Å². The van der Waals surface area contributed by atoms with Crippen LogP contribution in [0.4, 0.5) is 5.69 Å². The Morgan fingerprint density at radius 2 is 1.65 bits per heavy atom. The molecule has 3 aromatic rings. The summed E-state index contributed by atoms with van der Waals surface area (Å²) in [5.74, 6) is -0.255. The van der Waals surface area contributed by atoms with Crippen LogP contribution in [0.3, 0.4) is 0 Å². The lowest BCUT2D eigenvalue weighted by Crippen LogP contribution is -2.17. The first-order valence-electron chi connectivity index (χ1n) is 8.39. The lowest BCUT2D eigenvalue weighted by molar-refractivity contribution is -0.120. The van der Waals surface area contributed by atoms with Crippen molar-refractivity contribution in [3.63, 3.8) is 0 Å². The average Bonchev–Trinajstić information content (AvgIpc) is 2.68. The Labute approximate surface area is 153 Å². The van der Waals surface area contributed by atoms with Crippen molar-refractivity contribution in [2.24, 2.45) is 5.16 Å². The number of nitrogens with one attached hydrogen (secondary N) is 1. The van der Waals surface area contributed by atoms with Crippen LogP contribution in [0.2, 0.25) is 0 Å². The van der Waals surface area contributed by atoms with Crippen molar-refractivity contribution in [2.75, 3.05) is 11.9 Å². The normalized spacial score (nSPS) is 10.7. The third-order valence-corrected chi connectivity index (χ3v) is 3.84. The van der Waals surface area contributed by atoms with Crippen LogP contribution in [-0.2, 0) is 9.63 Å². The molecule has 0 aliphatic rings.